The summed E-state index contributed by atoms with van der Waals surface area (Å²) >= 11 is 0. The third kappa shape index (κ3) is 4.28. The van der Waals surface area contributed by atoms with Gasteiger partial charge in [0.15, 0.2) is 11.6 Å². The molecule has 0 radical (unpaired) electrons. The number of methoxy groups -OCH3 is 1. The van der Waals surface area contributed by atoms with E-state index in [9.17, 15) is 5.11 Å². The minimum absolute atomic E-state index is 0.630. The molecule has 6 rings (SSSR count). The Morgan fingerprint density at radius 2 is 1.74 bits per heavy atom. The molecule has 1 aliphatic rings. The monoisotopic (exact) mass is 508 g/mol. The molecule has 5 heterocycles. The highest BCUT2D eigenvalue weighted by Gasteiger charge is 2.27. The van der Waals surface area contributed by atoms with E-state index in [0.717, 1.165) is 52.3 Å². The highest BCUT2D eigenvalue weighted by molar-refractivity contribution is 5.78. The fraction of sp³-hybridized carbons (Fsp3) is 0.250. The first-order valence-electron chi connectivity index (χ1n) is 12.4. The maximum Gasteiger partial charge on any atom is 0.156 e. The maximum atomic E-state index is 11.2. The van der Waals surface area contributed by atoms with Gasteiger partial charge in [-0.15, -0.1) is 0 Å². The molecular formula is C28H28N8O2. The van der Waals surface area contributed by atoms with E-state index in [1.54, 1.807) is 37.4 Å². The van der Waals surface area contributed by atoms with Crippen LogP contribution in [0.3, 0.4) is 0 Å². The van der Waals surface area contributed by atoms with Crippen LogP contribution < -0.4 is 9.64 Å². The van der Waals surface area contributed by atoms with Gasteiger partial charge in [-0.2, -0.15) is 10.2 Å². The standard InChI is InChI=1S/C28H28N8O2/c1-28(37,22-4-6-24(38-3)7-5-22)23-14-29-26(30-15-23)19-8-10-35(11-9-19)27-25-12-20(17-36(25)33-18-31-27)21-13-32-34(2)16-21/h4-8,12-18,37H,9-11H2,1-3H3. The number of fused-ring (bicyclic) bond motifs is 1. The van der Waals surface area contributed by atoms with Crippen molar-refractivity contribution in [3.8, 4) is 16.9 Å². The summed E-state index contributed by atoms with van der Waals surface area (Å²) in [4.78, 5) is 16.0. The molecule has 1 atom stereocenters. The van der Waals surface area contributed by atoms with Gasteiger partial charge in [0, 0.05) is 61.6 Å². The number of anilines is 1. The lowest BCUT2D eigenvalue weighted by molar-refractivity contribution is 0.101. The van der Waals surface area contributed by atoms with Crippen molar-refractivity contribution in [2.24, 2.45) is 7.05 Å². The number of nitrogens with zero attached hydrogens (tertiary/aromatic N) is 8. The second-order valence-corrected chi connectivity index (χ2v) is 9.57. The van der Waals surface area contributed by atoms with Crippen molar-refractivity contribution in [1.82, 2.24) is 34.3 Å². The van der Waals surface area contributed by atoms with Crippen LogP contribution in [0.15, 0.2) is 73.7 Å². The van der Waals surface area contributed by atoms with Crippen LogP contribution in [0.4, 0.5) is 5.82 Å². The van der Waals surface area contributed by atoms with Crippen LogP contribution in [-0.4, -0.2) is 59.7 Å². The molecule has 1 unspecified atom stereocenters. The number of aromatic nitrogens is 7. The lowest BCUT2D eigenvalue weighted by Gasteiger charge is -2.27. The van der Waals surface area contributed by atoms with E-state index in [0.29, 0.717) is 17.9 Å². The third-order valence-electron chi connectivity index (χ3n) is 7.09. The molecule has 0 aliphatic carbocycles. The van der Waals surface area contributed by atoms with Crippen LogP contribution >= 0.6 is 0 Å². The molecule has 10 nitrogen and oxygen atoms in total. The van der Waals surface area contributed by atoms with Gasteiger partial charge in [-0.3, -0.25) is 4.68 Å². The molecule has 0 amide bonds. The molecule has 5 aromatic rings. The molecule has 0 fully saturated rings. The zero-order valence-corrected chi connectivity index (χ0v) is 21.5. The van der Waals surface area contributed by atoms with Gasteiger partial charge in [-0.1, -0.05) is 18.2 Å². The Kier molecular flexibility index (Phi) is 5.88. The van der Waals surface area contributed by atoms with Gasteiger partial charge in [0.25, 0.3) is 0 Å². The molecular weight excluding hydrogens is 480 g/mol. The Hall–Kier alpha value is -4.57. The number of aryl methyl sites for hydroxylation is 1. The average molecular weight is 509 g/mol. The van der Waals surface area contributed by atoms with E-state index < -0.39 is 5.60 Å². The van der Waals surface area contributed by atoms with Crippen molar-refractivity contribution in [2.75, 3.05) is 25.1 Å². The third-order valence-corrected chi connectivity index (χ3v) is 7.09. The first-order chi connectivity index (χ1) is 18.4. The lowest BCUT2D eigenvalue weighted by Crippen LogP contribution is -2.30. The topological polar surface area (TPSA) is 106 Å². The zero-order valence-electron chi connectivity index (χ0n) is 21.5. The molecule has 1 aromatic carbocycles. The molecule has 0 spiro atoms. The molecule has 4 aromatic heterocycles. The lowest BCUT2D eigenvalue weighted by atomic mass is 9.90. The summed E-state index contributed by atoms with van der Waals surface area (Å²) in [7, 11) is 3.52. The van der Waals surface area contributed by atoms with Crippen molar-refractivity contribution < 1.29 is 9.84 Å². The minimum Gasteiger partial charge on any atom is -0.497 e. The van der Waals surface area contributed by atoms with E-state index in [2.05, 4.69) is 42.2 Å². The second-order valence-electron chi connectivity index (χ2n) is 9.57. The van der Waals surface area contributed by atoms with Crippen LogP contribution in [0.25, 0.3) is 22.2 Å². The number of hydrogen-bond donors (Lipinski definition) is 1. The molecule has 192 valence electrons. The van der Waals surface area contributed by atoms with Crippen molar-refractivity contribution in [1.29, 1.82) is 0 Å². The first kappa shape index (κ1) is 23.8. The summed E-state index contributed by atoms with van der Waals surface area (Å²) in [5, 5.41) is 19.9. The maximum absolute atomic E-state index is 11.2. The van der Waals surface area contributed by atoms with E-state index in [1.165, 1.54) is 0 Å². The van der Waals surface area contributed by atoms with Crippen LogP contribution in [0, 0.1) is 0 Å². The molecule has 0 saturated carbocycles. The number of ether oxygens (including phenoxy) is 1. The van der Waals surface area contributed by atoms with Gasteiger partial charge < -0.3 is 14.7 Å². The summed E-state index contributed by atoms with van der Waals surface area (Å²) in [6.07, 6.45) is 13.7. The molecule has 0 saturated heterocycles. The second kappa shape index (κ2) is 9.38. The van der Waals surface area contributed by atoms with Gasteiger partial charge in [-0.05, 0) is 42.7 Å². The summed E-state index contributed by atoms with van der Waals surface area (Å²) in [6.45, 7) is 3.21. The Bertz CT molecular complexity index is 1620. The van der Waals surface area contributed by atoms with Crippen LogP contribution in [0.1, 0.15) is 30.3 Å². The van der Waals surface area contributed by atoms with Crippen LogP contribution in [0.2, 0.25) is 0 Å². The first-order valence-corrected chi connectivity index (χ1v) is 12.4. The zero-order chi connectivity index (χ0) is 26.3. The predicted molar refractivity (Wildman–Crippen MR) is 144 cm³/mol. The summed E-state index contributed by atoms with van der Waals surface area (Å²) in [6, 6.07) is 9.45. The average Bonchev–Trinajstić information content (AvgIpc) is 3.59. The van der Waals surface area contributed by atoms with Gasteiger partial charge in [-0.25, -0.2) is 19.5 Å². The summed E-state index contributed by atoms with van der Waals surface area (Å²) in [5.41, 5.74) is 4.27. The van der Waals surface area contributed by atoms with Gasteiger partial charge in [0.05, 0.1) is 13.3 Å². The highest BCUT2D eigenvalue weighted by Crippen LogP contribution is 2.31. The predicted octanol–water partition coefficient (Wildman–Crippen LogP) is 3.48. The largest absolute Gasteiger partial charge is 0.497 e. The van der Waals surface area contributed by atoms with Crippen molar-refractivity contribution in [3.05, 3.63) is 90.7 Å². The van der Waals surface area contributed by atoms with Crippen molar-refractivity contribution >= 4 is 16.9 Å². The van der Waals surface area contributed by atoms with E-state index in [1.807, 2.05) is 54.4 Å². The van der Waals surface area contributed by atoms with E-state index >= 15 is 0 Å². The highest BCUT2D eigenvalue weighted by atomic mass is 16.5. The molecule has 0 bridgehead atoms. The van der Waals surface area contributed by atoms with Crippen molar-refractivity contribution in [2.45, 2.75) is 18.9 Å². The van der Waals surface area contributed by atoms with Crippen molar-refractivity contribution in [3.63, 3.8) is 0 Å². The van der Waals surface area contributed by atoms with Crippen LogP contribution in [0.5, 0.6) is 5.75 Å². The van der Waals surface area contributed by atoms with E-state index in [4.69, 9.17) is 4.74 Å². The molecule has 10 heteroatoms. The Balaban J connectivity index is 1.20. The normalized spacial score (nSPS) is 15.4. The Labute approximate surface area is 219 Å². The SMILES string of the molecule is COc1ccc(C(C)(O)c2cnc(C3=CCN(c4ncnn5cc(-c6cnn(C)c6)cc45)CC3)nc2)cc1. The molecule has 38 heavy (non-hydrogen) atoms. The van der Waals surface area contributed by atoms with Gasteiger partial charge in [0.1, 0.15) is 23.2 Å². The number of rotatable bonds is 6. The van der Waals surface area contributed by atoms with Gasteiger partial charge >= 0.3 is 0 Å². The minimum atomic E-state index is -1.22. The fourth-order valence-electron chi connectivity index (χ4n) is 4.78. The van der Waals surface area contributed by atoms with Gasteiger partial charge in [0.2, 0.25) is 0 Å². The van der Waals surface area contributed by atoms with E-state index in [-0.39, 0.29) is 0 Å². The van der Waals surface area contributed by atoms with Crippen LogP contribution in [-0.2, 0) is 12.6 Å². The number of hydrogen-bond acceptors (Lipinski definition) is 8. The smallest absolute Gasteiger partial charge is 0.156 e. The number of aliphatic hydroxyl groups is 1. The Morgan fingerprint density at radius 3 is 2.39 bits per heavy atom. The molecule has 1 N–H and O–H groups in total. The summed E-state index contributed by atoms with van der Waals surface area (Å²) in [5.74, 6) is 2.30. The summed E-state index contributed by atoms with van der Waals surface area (Å²) < 4.78 is 8.87. The fourth-order valence-corrected chi connectivity index (χ4v) is 4.78. The molecule has 1 aliphatic heterocycles. The number of benzene rings is 1. The quantitative estimate of drug-likeness (QED) is 0.372. The Morgan fingerprint density at radius 1 is 0.947 bits per heavy atom.